The Labute approximate surface area is 172 Å². The second-order valence-corrected chi connectivity index (χ2v) is 9.53. The van der Waals surface area contributed by atoms with Gasteiger partial charge >= 0.3 is 0 Å². The molecule has 2 aromatic rings. The lowest BCUT2D eigenvalue weighted by Crippen LogP contribution is -2.53. The van der Waals surface area contributed by atoms with Crippen LogP contribution in [-0.4, -0.2) is 61.2 Å². The van der Waals surface area contributed by atoms with E-state index in [0.29, 0.717) is 26.1 Å². The van der Waals surface area contributed by atoms with Crippen LogP contribution >= 0.6 is 0 Å². The molecule has 0 saturated carbocycles. The fraction of sp³-hybridized carbons (Fsp3) is 0.409. The molecule has 0 N–H and O–H groups in total. The maximum atomic E-state index is 13.5. The number of sulfonamides is 1. The third-order valence-electron chi connectivity index (χ3n) is 5.67. The minimum absolute atomic E-state index is 0.00582. The summed E-state index contributed by atoms with van der Waals surface area (Å²) in [5, 5.41) is 0. The van der Waals surface area contributed by atoms with Gasteiger partial charge < -0.3 is 4.90 Å². The van der Waals surface area contributed by atoms with E-state index in [1.807, 2.05) is 30.3 Å². The first-order chi connectivity index (χ1) is 14.1. The lowest BCUT2D eigenvalue weighted by Gasteiger charge is -2.43. The average Bonchev–Trinajstić information content (AvgIpc) is 3.27. The van der Waals surface area contributed by atoms with Crippen molar-refractivity contribution in [3.8, 4) is 0 Å². The average molecular weight is 414 g/mol. The normalized spacial score (nSPS) is 21.4. The van der Waals surface area contributed by atoms with Crippen molar-refractivity contribution in [2.45, 2.75) is 30.3 Å². The number of amides is 1. The Bertz CT molecular complexity index is 928. The van der Waals surface area contributed by atoms with Crippen LogP contribution in [0.25, 0.3) is 0 Å². The van der Waals surface area contributed by atoms with Crippen molar-refractivity contribution in [2.75, 3.05) is 32.7 Å². The maximum absolute atomic E-state index is 13.5. The Morgan fingerprint density at radius 3 is 2.10 bits per heavy atom. The summed E-state index contributed by atoms with van der Waals surface area (Å²) in [6.07, 6.45) is 2.24. The molecular weight excluding hydrogens is 386 g/mol. The number of nitrogens with zero attached hydrogens (tertiary/aromatic N) is 3. The summed E-state index contributed by atoms with van der Waals surface area (Å²) >= 11 is 0. The SMILES string of the molecule is O=C(CN1CCCC1)N1CCCN(S(=O)(=O)c2ccccc2)[C@H]1c1ccccc1. The monoisotopic (exact) mass is 413 g/mol. The summed E-state index contributed by atoms with van der Waals surface area (Å²) in [6.45, 7) is 3.17. The first-order valence-electron chi connectivity index (χ1n) is 10.2. The highest BCUT2D eigenvalue weighted by molar-refractivity contribution is 7.89. The molecule has 2 saturated heterocycles. The number of likely N-dealkylation sites (tertiary alicyclic amines) is 1. The van der Waals surface area contributed by atoms with Gasteiger partial charge in [0.2, 0.25) is 15.9 Å². The molecule has 0 aliphatic carbocycles. The summed E-state index contributed by atoms with van der Waals surface area (Å²) in [6, 6.07) is 18.0. The number of hydrogen-bond donors (Lipinski definition) is 0. The molecule has 6 nitrogen and oxygen atoms in total. The fourth-order valence-corrected chi connectivity index (χ4v) is 5.87. The van der Waals surface area contributed by atoms with Crippen LogP contribution in [0.2, 0.25) is 0 Å². The summed E-state index contributed by atoms with van der Waals surface area (Å²) in [5.41, 5.74) is 0.821. The second kappa shape index (κ2) is 8.65. The second-order valence-electron chi connectivity index (χ2n) is 7.64. The molecule has 0 unspecified atom stereocenters. The van der Waals surface area contributed by atoms with Crippen molar-refractivity contribution >= 4 is 15.9 Å². The van der Waals surface area contributed by atoms with Crippen LogP contribution in [0.4, 0.5) is 0 Å². The van der Waals surface area contributed by atoms with Crippen molar-refractivity contribution in [2.24, 2.45) is 0 Å². The van der Waals surface area contributed by atoms with Crippen LogP contribution < -0.4 is 0 Å². The quantitative estimate of drug-likeness (QED) is 0.756. The van der Waals surface area contributed by atoms with Gasteiger partial charge in [-0.25, -0.2) is 8.42 Å². The van der Waals surface area contributed by atoms with Gasteiger partial charge in [-0.05, 0) is 50.0 Å². The fourth-order valence-electron chi connectivity index (χ4n) is 4.23. The Morgan fingerprint density at radius 2 is 1.45 bits per heavy atom. The van der Waals surface area contributed by atoms with Gasteiger partial charge in [0.15, 0.2) is 0 Å². The van der Waals surface area contributed by atoms with Gasteiger partial charge in [0.25, 0.3) is 0 Å². The summed E-state index contributed by atoms with van der Waals surface area (Å²) in [4.78, 5) is 17.4. The molecule has 0 spiro atoms. The topological polar surface area (TPSA) is 60.9 Å². The van der Waals surface area contributed by atoms with E-state index in [2.05, 4.69) is 4.90 Å². The number of benzene rings is 2. The molecule has 2 aliphatic rings. The molecule has 2 aromatic carbocycles. The van der Waals surface area contributed by atoms with Crippen LogP contribution in [0.15, 0.2) is 65.6 Å². The number of hydrogen-bond acceptors (Lipinski definition) is 4. The van der Waals surface area contributed by atoms with Crippen molar-refractivity contribution in [3.63, 3.8) is 0 Å². The van der Waals surface area contributed by atoms with Gasteiger partial charge in [0.1, 0.15) is 6.17 Å². The summed E-state index contributed by atoms with van der Waals surface area (Å²) < 4.78 is 28.4. The Balaban J connectivity index is 1.69. The zero-order valence-corrected chi connectivity index (χ0v) is 17.3. The molecule has 1 atom stereocenters. The van der Waals surface area contributed by atoms with Crippen molar-refractivity contribution in [3.05, 3.63) is 66.2 Å². The molecule has 0 radical (unpaired) electrons. The Kier molecular flexibility index (Phi) is 5.99. The van der Waals surface area contributed by atoms with Gasteiger partial charge in [-0.2, -0.15) is 4.31 Å². The third kappa shape index (κ3) is 4.22. The summed E-state index contributed by atoms with van der Waals surface area (Å²) in [5.74, 6) is -0.00582. The predicted molar refractivity (Wildman–Crippen MR) is 112 cm³/mol. The zero-order chi connectivity index (χ0) is 20.3. The van der Waals surface area contributed by atoms with E-state index < -0.39 is 16.2 Å². The van der Waals surface area contributed by atoms with E-state index in [1.165, 1.54) is 4.31 Å². The molecule has 1 amide bonds. The highest BCUT2D eigenvalue weighted by atomic mass is 32.2. The van der Waals surface area contributed by atoms with Crippen molar-refractivity contribution < 1.29 is 13.2 Å². The molecule has 2 heterocycles. The van der Waals surface area contributed by atoms with Gasteiger partial charge in [0.05, 0.1) is 11.4 Å². The van der Waals surface area contributed by atoms with E-state index in [4.69, 9.17) is 0 Å². The molecule has 7 heteroatoms. The molecule has 0 bridgehead atoms. The van der Waals surface area contributed by atoms with Gasteiger partial charge in [-0.3, -0.25) is 9.69 Å². The maximum Gasteiger partial charge on any atom is 0.245 e. The molecule has 4 rings (SSSR count). The van der Waals surface area contributed by atoms with Crippen molar-refractivity contribution in [1.82, 2.24) is 14.1 Å². The minimum atomic E-state index is -3.73. The van der Waals surface area contributed by atoms with E-state index >= 15 is 0 Å². The first kappa shape index (κ1) is 20.1. The van der Waals surface area contributed by atoms with E-state index in [1.54, 1.807) is 35.2 Å². The minimum Gasteiger partial charge on any atom is -0.321 e. The highest BCUT2D eigenvalue weighted by Gasteiger charge is 2.40. The predicted octanol–water partition coefficient (Wildman–Crippen LogP) is 2.70. The van der Waals surface area contributed by atoms with Gasteiger partial charge in [0, 0.05) is 13.1 Å². The standard InChI is InChI=1S/C22H27N3O3S/c26-21(18-23-14-7-8-15-23)24-16-9-17-25(22(24)19-10-3-1-4-11-19)29(27,28)20-12-5-2-6-13-20/h1-6,10-13,22H,7-9,14-18H2/t22-/m0/s1. The van der Waals surface area contributed by atoms with Gasteiger partial charge in [-0.15, -0.1) is 0 Å². The van der Waals surface area contributed by atoms with Crippen molar-refractivity contribution in [1.29, 1.82) is 0 Å². The summed E-state index contributed by atoms with van der Waals surface area (Å²) in [7, 11) is -3.73. The van der Waals surface area contributed by atoms with Crippen LogP contribution in [0, 0.1) is 0 Å². The largest absolute Gasteiger partial charge is 0.321 e. The highest BCUT2D eigenvalue weighted by Crippen LogP contribution is 2.34. The number of rotatable bonds is 5. The van der Waals surface area contributed by atoms with Crippen LogP contribution in [0.1, 0.15) is 31.0 Å². The van der Waals surface area contributed by atoms with E-state index in [-0.39, 0.29) is 10.8 Å². The Hall–Kier alpha value is -2.22. The molecule has 154 valence electrons. The zero-order valence-electron chi connectivity index (χ0n) is 16.5. The molecule has 29 heavy (non-hydrogen) atoms. The first-order valence-corrected chi connectivity index (χ1v) is 11.6. The van der Waals surface area contributed by atoms with E-state index in [9.17, 15) is 13.2 Å². The molecule has 2 aliphatic heterocycles. The van der Waals surface area contributed by atoms with Crippen LogP contribution in [0.3, 0.4) is 0 Å². The smallest absolute Gasteiger partial charge is 0.245 e. The lowest BCUT2D eigenvalue weighted by molar-refractivity contribution is -0.139. The third-order valence-corrected chi connectivity index (χ3v) is 7.54. The van der Waals surface area contributed by atoms with E-state index in [0.717, 1.165) is 31.5 Å². The number of carbonyl (C=O) groups is 1. The number of carbonyl (C=O) groups excluding carboxylic acids is 1. The van der Waals surface area contributed by atoms with Crippen LogP contribution in [-0.2, 0) is 14.8 Å². The Morgan fingerprint density at radius 1 is 0.828 bits per heavy atom. The molecular formula is C22H27N3O3S. The molecule has 0 aromatic heterocycles. The van der Waals surface area contributed by atoms with Crippen LogP contribution in [0.5, 0.6) is 0 Å². The lowest BCUT2D eigenvalue weighted by atomic mass is 10.1. The molecule has 2 fully saturated rings. The van der Waals surface area contributed by atoms with Gasteiger partial charge in [-0.1, -0.05) is 48.5 Å².